The molecule has 0 fully saturated rings. The van der Waals surface area contributed by atoms with E-state index in [0.29, 0.717) is 11.6 Å². The van der Waals surface area contributed by atoms with Crippen LogP contribution in [0.15, 0.2) is 46.0 Å². The van der Waals surface area contributed by atoms with E-state index in [2.05, 4.69) is 15.3 Å². The van der Waals surface area contributed by atoms with Gasteiger partial charge in [-0.15, -0.1) is 11.8 Å². The van der Waals surface area contributed by atoms with Crippen LogP contribution in [0.3, 0.4) is 0 Å². The molecule has 2 aromatic rings. The summed E-state index contributed by atoms with van der Waals surface area (Å²) in [6, 6.07) is 9.77. The van der Waals surface area contributed by atoms with E-state index in [1.54, 1.807) is 18.0 Å². The Labute approximate surface area is 143 Å². The van der Waals surface area contributed by atoms with Crippen molar-refractivity contribution in [2.75, 3.05) is 12.3 Å². The number of amidine groups is 1. The molecule has 1 aromatic carbocycles. The lowest BCUT2D eigenvalue weighted by Gasteiger charge is -2.10. The molecule has 0 spiro atoms. The minimum Gasteiger partial charge on any atom is -0.444 e. The zero-order chi connectivity index (χ0) is 16.1. The number of oxazole rings is 1. The second kappa shape index (κ2) is 7.70. The molecule has 120 valence electrons. The molecule has 23 heavy (non-hydrogen) atoms. The maximum atomic E-state index is 12.1. The second-order valence-electron chi connectivity index (χ2n) is 4.99. The van der Waals surface area contributed by atoms with Gasteiger partial charge in [0.05, 0.1) is 17.5 Å². The van der Waals surface area contributed by atoms with Gasteiger partial charge in [-0.25, -0.2) is 4.98 Å². The number of nitrogens with zero attached hydrogens (tertiary/aromatic N) is 2. The Morgan fingerprint density at radius 3 is 3.00 bits per heavy atom. The fraction of sp³-hybridized carbons (Fsp3) is 0.312. The lowest BCUT2D eigenvalue weighted by molar-refractivity contribution is -0.118. The Morgan fingerprint density at radius 2 is 2.26 bits per heavy atom. The van der Waals surface area contributed by atoms with Crippen molar-refractivity contribution in [3.05, 3.63) is 42.3 Å². The van der Waals surface area contributed by atoms with E-state index in [4.69, 9.17) is 4.42 Å². The quantitative estimate of drug-likeness (QED) is 0.900. The third-order valence-corrected chi connectivity index (χ3v) is 5.31. The van der Waals surface area contributed by atoms with Crippen molar-refractivity contribution in [1.29, 1.82) is 0 Å². The van der Waals surface area contributed by atoms with Crippen molar-refractivity contribution in [2.45, 2.75) is 17.9 Å². The molecule has 7 heteroatoms. The lowest BCUT2D eigenvalue weighted by atomic mass is 10.2. The first-order valence-electron chi connectivity index (χ1n) is 7.32. The van der Waals surface area contributed by atoms with Gasteiger partial charge in [0.25, 0.3) is 0 Å². The number of amides is 1. The van der Waals surface area contributed by atoms with E-state index >= 15 is 0 Å². The maximum absolute atomic E-state index is 12.1. The second-order valence-corrected chi connectivity index (χ2v) is 7.40. The molecule has 0 saturated carbocycles. The van der Waals surface area contributed by atoms with E-state index in [1.165, 1.54) is 11.8 Å². The molecule has 1 aliphatic heterocycles. The average molecular weight is 347 g/mol. The van der Waals surface area contributed by atoms with Gasteiger partial charge in [-0.1, -0.05) is 30.0 Å². The molecule has 0 radical (unpaired) electrons. The Hall–Kier alpha value is -1.73. The SMILES string of the molecule is CC(SCc1coc(-c2ccccc2)n1)C(=O)NC1=NCCS1. The first kappa shape index (κ1) is 16.1. The number of rotatable bonds is 5. The summed E-state index contributed by atoms with van der Waals surface area (Å²) in [5.74, 6) is 2.16. The summed E-state index contributed by atoms with van der Waals surface area (Å²) in [6.45, 7) is 2.67. The highest BCUT2D eigenvalue weighted by Crippen LogP contribution is 2.22. The van der Waals surface area contributed by atoms with Gasteiger partial charge in [-0.05, 0) is 19.1 Å². The highest BCUT2D eigenvalue weighted by atomic mass is 32.2. The Kier molecular flexibility index (Phi) is 5.40. The van der Waals surface area contributed by atoms with Crippen molar-refractivity contribution >= 4 is 34.6 Å². The molecule has 0 aliphatic carbocycles. The van der Waals surface area contributed by atoms with E-state index in [9.17, 15) is 4.79 Å². The Balaban J connectivity index is 1.52. The minimum atomic E-state index is -0.171. The minimum absolute atomic E-state index is 0.0186. The molecule has 0 bridgehead atoms. The van der Waals surface area contributed by atoms with Gasteiger partial charge < -0.3 is 9.73 Å². The summed E-state index contributed by atoms with van der Waals surface area (Å²) >= 11 is 3.12. The fourth-order valence-electron chi connectivity index (χ4n) is 1.99. The normalized spacial score (nSPS) is 15.3. The number of benzene rings is 1. The number of thioether (sulfide) groups is 2. The fourth-order valence-corrected chi connectivity index (χ4v) is 3.49. The summed E-state index contributed by atoms with van der Waals surface area (Å²) < 4.78 is 5.50. The van der Waals surface area contributed by atoms with Gasteiger partial charge in [-0.3, -0.25) is 9.79 Å². The highest BCUT2D eigenvalue weighted by molar-refractivity contribution is 8.14. The Bertz CT molecular complexity index is 700. The van der Waals surface area contributed by atoms with Gasteiger partial charge in [-0.2, -0.15) is 0 Å². The molecule has 0 saturated heterocycles. The number of aliphatic imine (C=N–C) groups is 1. The number of aromatic nitrogens is 1. The van der Waals surface area contributed by atoms with Gasteiger partial charge in [0.15, 0.2) is 5.17 Å². The molecular formula is C16H17N3O2S2. The molecule has 3 rings (SSSR count). The number of hydrogen-bond acceptors (Lipinski definition) is 6. The first-order valence-corrected chi connectivity index (χ1v) is 9.35. The number of carbonyl (C=O) groups excluding carboxylic acids is 1. The van der Waals surface area contributed by atoms with E-state index in [1.807, 2.05) is 37.3 Å². The van der Waals surface area contributed by atoms with E-state index < -0.39 is 0 Å². The lowest BCUT2D eigenvalue weighted by Crippen LogP contribution is -2.33. The van der Waals surface area contributed by atoms with Crippen LogP contribution in [-0.2, 0) is 10.5 Å². The number of nitrogens with one attached hydrogen (secondary N) is 1. The van der Waals surface area contributed by atoms with Crippen LogP contribution < -0.4 is 5.32 Å². The van der Waals surface area contributed by atoms with Crippen LogP contribution >= 0.6 is 23.5 Å². The van der Waals surface area contributed by atoms with Gasteiger partial charge >= 0.3 is 0 Å². The molecule has 1 aliphatic rings. The third-order valence-electron chi connectivity index (χ3n) is 3.24. The van der Waals surface area contributed by atoms with Crippen LogP contribution in [-0.4, -0.2) is 33.6 Å². The van der Waals surface area contributed by atoms with Crippen molar-refractivity contribution in [3.8, 4) is 11.5 Å². The van der Waals surface area contributed by atoms with Crippen molar-refractivity contribution in [1.82, 2.24) is 10.3 Å². The molecule has 5 nitrogen and oxygen atoms in total. The number of hydrogen-bond donors (Lipinski definition) is 1. The van der Waals surface area contributed by atoms with Crippen LogP contribution in [0.25, 0.3) is 11.5 Å². The third kappa shape index (κ3) is 4.39. The summed E-state index contributed by atoms with van der Waals surface area (Å²) in [4.78, 5) is 20.8. The largest absolute Gasteiger partial charge is 0.444 e. The van der Waals surface area contributed by atoms with Gasteiger partial charge in [0.2, 0.25) is 11.8 Å². The van der Waals surface area contributed by atoms with Crippen LogP contribution in [0.1, 0.15) is 12.6 Å². The molecule has 1 unspecified atom stereocenters. The van der Waals surface area contributed by atoms with Crippen LogP contribution in [0.4, 0.5) is 0 Å². The smallest absolute Gasteiger partial charge is 0.238 e. The summed E-state index contributed by atoms with van der Waals surface area (Å²) in [7, 11) is 0. The molecule has 1 aromatic heterocycles. The maximum Gasteiger partial charge on any atom is 0.238 e. The van der Waals surface area contributed by atoms with Crippen LogP contribution in [0.5, 0.6) is 0 Å². The van der Waals surface area contributed by atoms with Gasteiger partial charge in [0.1, 0.15) is 6.26 Å². The molecule has 1 atom stereocenters. The van der Waals surface area contributed by atoms with Crippen LogP contribution in [0.2, 0.25) is 0 Å². The van der Waals surface area contributed by atoms with Crippen molar-refractivity contribution in [2.24, 2.45) is 4.99 Å². The first-order chi connectivity index (χ1) is 11.2. The van der Waals surface area contributed by atoms with E-state index in [-0.39, 0.29) is 11.2 Å². The van der Waals surface area contributed by atoms with Crippen molar-refractivity contribution in [3.63, 3.8) is 0 Å². The predicted octanol–water partition coefficient (Wildman–Crippen LogP) is 3.18. The average Bonchev–Trinajstić information content (AvgIpc) is 3.25. The van der Waals surface area contributed by atoms with Crippen molar-refractivity contribution < 1.29 is 9.21 Å². The Morgan fingerprint density at radius 1 is 1.43 bits per heavy atom. The zero-order valence-electron chi connectivity index (χ0n) is 12.7. The monoisotopic (exact) mass is 347 g/mol. The molecule has 2 heterocycles. The van der Waals surface area contributed by atoms with Crippen LogP contribution in [0, 0.1) is 0 Å². The summed E-state index contributed by atoms with van der Waals surface area (Å²) in [5.41, 5.74) is 1.78. The summed E-state index contributed by atoms with van der Waals surface area (Å²) in [5, 5.41) is 3.42. The predicted molar refractivity (Wildman–Crippen MR) is 95.6 cm³/mol. The standard InChI is InChI=1S/C16H17N3O2S2/c1-11(14(20)19-16-17-7-8-22-16)23-10-13-9-21-15(18-13)12-5-3-2-4-6-12/h2-6,9,11H,7-8,10H2,1H3,(H,17,19,20). The topological polar surface area (TPSA) is 67.5 Å². The molecular weight excluding hydrogens is 330 g/mol. The highest BCUT2D eigenvalue weighted by Gasteiger charge is 2.18. The summed E-state index contributed by atoms with van der Waals surface area (Å²) in [6.07, 6.45) is 1.65. The van der Waals surface area contributed by atoms with Gasteiger partial charge in [0, 0.05) is 17.1 Å². The molecule has 1 amide bonds. The number of carbonyl (C=O) groups is 1. The molecule has 1 N–H and O–H groups in total. The zero-order valence-corrected chi connectivity index (χ0v) is 14.3. The van der Waals surface area contributed by atoms with E-state index in [0.717, 1.165) is 28.7 Å².